The highest BCUT2D eigenvalue weighted by molar-refractivity contribution is 5.19. The first-order chi connectivity index (χ1) is 6.76. The lowest BCUT2D eigenvalue weighted by molar-refractivity contribution is 0.0688. The Hall–Kier alpha value is -1.02. The van der Waals surface area contributed by atoms with Crippen molar-refractivity contribution in [2.24, 2.45) is 5.73 Å². The Labute approximate surface area is 86.1 Å². The zero-order valence-corrected chi connectivity index (χ0v) is 8.84. The maximum absolute atomic E-state index is 5.84. The molecule has 14 heavy (non-hydrogen) atoms. The highest BCUT2D eigenvalue weighted by Crippen LogP contribution is 2.22. The minimum Gasteiger partial charge on any atom is -0.485 e. The van der Waals surface area contributed by atoms with E-state index < -0.39 is 0 Å². The van der Waals surface area contributed by atoms with Crippen molar-refractivity contribution in [3.8, 4) is 5.75 Å². The molecule has 76 valence electrons. The lowest BCUT2D eigenvalue weighted by Gasteiger charge is -2.31. The minimum absolute atomic E-state index is 0.244. The van der Waals surface area contributed by atoms with Crippen molar-refractivity contribution < 1.29 is 4.74 Å². The molecule has 0 saturated heterocycles. The molecule has 2 radical (unpaired) electrons. The second-order valence-corrected chi connectivity index (χ2v) is 3.35. The number of hydrogen-bond acceptors (Lipinski definition) is 2. The van der Waals surface area contributed by atoms with E-state index in [0.29, 0.717) is 6.54 Å². The first-order valence-corrected chi connectivity index (χ1v) is 5.03. The van der Waals surface area contributed by atoms with Crippen LogP contribution in [0.3, 0.4) is 0 Å². The van der Waals surface area contributed by atoms with Crippen LogP contribution in [0.15, 0.2) is 18.2 Å². The van der Waals surface area contributed by atoms with Crippen LogP contribution in [-0.4, -0.2) is 12.1 Å². The van der Waals surface area contributed by atoms with Crippen LogP contribution in [0.5, 0.6) is 5.75 Å². The lowest BCUT2D eigenvalue weighted by Crippen LogP contribution is -2.42. The molecule has 0 bridgehead atoms. The number of nitrogens with two attached hydrogens (primary N) is 1. The van der Waals surface area contributed by atoms with Gasteiger partial charge in [0.1, 0.15) is 11.4 Å². The number of benzene rings is 1. The Morgan fingerprint density at radius 3 is 2.50 bits per heavy atom. The van der Waals surface area contributed by atoms with Gasteiger partial charge in [0.25, 0.3) is 0 Å². The molecule has 0 heterocycles. The summed E-state index contributed by atoms with van der Waals surface area (Å²) in [5.41, 5.74) is 5.48. The molecule has 0 atom stereocenters. The van der Waals surface area contributed by atoms with E-state index in [2.05, 4.69) is 26.0 Å². The molecule has 0 amide bonds. The Bertz CT molecular complexity index is 246. The highest BCUT2D eigenvalue weighted by Gasteiger charge is 2.26. The second kappa shape index (κ2) is 5.01. The largest absolute Gasteiger partial charge is 0.485 e. The summed E-state index contributed by atoms with van der Waals surface area (Å²) in [6, 6.07) is 11.4. The molecule has 1 rings (SSSR count). The van der Waals surface area contributed by atoms with Crippen LogP contribution in [-0.2, 0) is 0 Å². The molecule has 1 aromatic rings. The summed E-state index contributed by atoms with van der Waals surface area (Å²) in [6.45, 7) is 4.70. The number of rotatable bonds is 5. The summed E-state index contributed by atoms with van der Waals surface area (Å²) in [7, 11) is 0. The topological polar surface area (TPSA) is 35.2 Å². The fraction of sp³-hybridized carbons (Fsp3) is 0.500. The zero-order chi connectivity index (χ0) is 10.4. The first kappa shape index (κ1) is 11.1. The van der Waals surface area contributed by atoms with Gasteiger partial charge >= 0.3 is 0 Å². The maximum Gasteiger partial charge on any atom is 0.128 e. The van der Waals surface area contributed by atoms with Gasteiger partial charge in [-0.2, -0.15) is 0 Å². The van der Waals surface area contributed by atoms with Crippen molar-refractivity contribution >= 4 is 0 Å². The Kier molecular flexibility index (Phi) is 3.96. The van der Waals surface area contributed by atoms with Crippen molar-refractivity contribution in [1.29, 1.82) is 0 Å². The van der Waals surface area contributed by atoms with Gasteiger partial charge in [-0.3, -0.25) is 0 Å². The van der Waals surface area contributed by atoms with Gasteiger partial charge < -0.3 is 10.5 Å². The van der Waals surface area contributed by atoms with Crippen LogP contribution in [0.2, 0.25) is 0 Å². The third kappa shape index (κ3) is 2.48. The SMILES string of the molecule is CCC(CC)(CN)Oc1[c]cc[c]c1. The third-order valence-corrected chi connectivity index (χ3v) is 2.61. The van der Waals surface area contributed by atoms with E-state index in [1.54, 1.807) is 18.2 Å². The van der Waals surface area contributed by atoms with Gasteiger partial charge in [0.15, 0.2) is 0 Å². The fourth-order valence-corrected chi connectivity index (χ4v) is 1.35. The van der Waals surface area contributed by atoms with Gasteiger partial charge in [-0.25, -0.2) is 0 Å². The van der Waals surface area contributed by atoms with E-state index in [9.17, 15) is 0 Å². The normalized spacial score (nSPS) is 11.4. The molecule has 2 nitrogen and oxygen atoms in total. The molecular formula is C12H17NO. The van der Waals surface area contributed by atoms with Crippen LogP contribution < -0.4 is 10.5 Å². The molecule has 0 unspecified atom stereocenters. The molecule has 0 aromatic heterocycles. The molecule has 2 heteroatoms. The van der Waals surface area contributed by atoms with Crippen LogP contribution in [0.4, 0.5) is 0 Å². The zero-order valence-electron chi connectivity index (χ0n) is 8.84. The van der Waals surface area contributed by atoms with Crippen LogP contribution in [0, 0.1) is 12.1 Å². The van der Waals surface area contributed by atoms with E-state index in [1.165, 1.54) is 0 Å². The van der Waals surface area contributed by atoms with Gasteiger partial charge in [-0.1, -0.05) is 19.9 Å². The summed E-state index contributed by atoms with van der Waals surface area (Å²) in [4.78, 5) is 0. The Morgan fingerprint density at radius 2 is 2.07 bits per heavy atom. The molecule has 0 fully saturated rings. The van der Waals surface area contributed by atoms with Crippen molar-refractivity contribution in [2.45, 2.75) is 32.3 Å². The van der Waals surface area contributed by atoms with Gasteiger partial charge in [-0.05, 0) is 31.0 Å². The van der Waals surface area contributed by atoms with E-state index in [-0.39, 0.29) is 5.60 Å². The van der Waals surface area contributed by atoms with Gasteiger partial charge in [0.2, 0.25) is 0 Å². The fourth-order valence-electron chi connectivity index (χ4n) is 1.35. The Morgan fingerprint density at radius 1 is 1.36 bits per heavy atom. The van der Waals surface area contributed by atoms with Crippen LogP contribution in [0.1, 0.15) is 26.7 Å². The number of hydrogen-bond donors (Lipinski definition) is 1. The van der Waals surface area contributed by atoms with Crippen LogP contribution in [0.25, 0.3) is 0 Å². The maximum atomic E-state index is 5.84. The summed E-state index contributed by atoms with van der Waals surface area (Å²) in [5, 5.41) is 0. The monoisotopic (exact) mass is 191 g/mol. The molecule has 0 aliphatic rings. The van der Waals surface area contributed by atoms with Gasteiger partial charge in [-0.15, -0.1) is 0 Å². The lowest BCUT2D eigenvalue weighted by atomic mass is 9.97. The average Bonchev–Trinajstić information content (AvgIpc) is 2.28. The van der Waals surface area contributed by atoms with Gasteiger partial charge in [0.05, 0.1) is 0 Å². The van der Waals surface area contributed by atoms with Crippen molar-refractivity contribution in [1.82, 2.24) is 0 Å². The Balaban J connectivity index is 2.74. The van der Waals surface area contributed by atoms with Crippen molar-refractivity contribution in [3.05, 3.63) is 30.3 Å². The summed E-state index contributed by atoms with van der Waals surface area (Å²) >= 11 is 0. The molecule has 2 N–H and O–H groups in total. The predicted octanol–water partition coefficient (Wildman–Crippen LogP) is 2.18. The van der Waals surface area contributed by atoms with E-state index in [4.69, 9.17) is 10.5 Å². The van der Waals surface area contributed by atoms with Crippen molar-refractivity contribution in [3.63, 3.8) is 0 Å². The molecule has 0 aliphatic heterocycles. The molecule has 0 saturated carbocycles. The molecule has 0 aliphatic carbocycles. The molecule has 0 spiro atoms. The van der Waals surface area contributed by atoms with E-state index >= 15 is 0 Å². The highest BCUT2D eigenvalue weighted by atomic mass is 16.5. The quantitative estimate of drug-likeness (QED) is 0.774. The summed E-state index contributed by atoms with van der Waals surface area (Å²) in [5.74, 6) is 0.724. The van der Waals surface area contributed by atoms with Crippen LogP contribution >= 0.6 is 0 Å². The smallest absolute Gasteiger partial charge is 0.128 e. The first-order valence-electron chi connectivity index (χ1n) is 5.03. The summed E-state index contributed by atoms with van der Waals surface area (Å²) < 4.78 is 5.84. The molecular weight excluding hydrogens is 174 g/mol. The number of ether oxygens (including phenoxy) is 1. The third-order valence-electron chi connectivity index (χ3n) is 2.61. The van der Waals surface area contributed by atoms with E-state index in [0.717, 1.165) is 18.6 Å². The predicted molar refractivity (Wildman–Crippen MR) is 57.1 cm³/mol. The molecule has 1 aromatic carbocycles. The summed E-state index contributed by atoms with van der Waals surface area (Å²) in [6.07, 6.45) is 1.81. The standard InChI is InChI=1S/C12H17NO/c1-3-12(4-2,10-13)14-11-8-6-5-7-9-11/h5-6,9H,3-4,10,13H2,1-2H3. The second-order valence-electron chi connectivity index (χ2n) is 3.35. The minimum atomic E-state index is -0.244. The average molecular weight is 191 g/mol. The van der Waals surface area contributed by atoms with Crippen molar-refractivity contribution in [2.75, 3.05) is 6.54 Å². The van der Waals surface area contributed by atoms with E-state index in [1.807, 2.05) is 0 Å². The van der Waals surface area contributed by atoms with Gasteiger partial charge in [0, 0.05) is 12.6 Å².